The van der Waals surface area contributed by atoms with E-state index in [1.807, 2.05) is 0 Å². The van der Waals surface area contributed by atoms with Crippen molar-refractivity contribution in [2.45, 2.75) is 77.9 Å². The van der Waals surface area contributed by atoms with Gasteiger partial charge in [-0.1, -0.05) is 20.8 Å². The summed E-state index contributed by atoms with van der Waals surface area (Å²) in [6.45, 7) is 9.16. The topological polar surface area (TPSA) is 21.3 Å². The molecule has 1 aliphatic heterocycles. The van der Waals surface area contributed by atoms with Gasteiger partial charge >= 0.3 is 0 Å². The Hall–Kier alpha value is -0.0800. The number of rotatable bonds is 6. The quantitative estimate of drug-likeness (QED) is 0.785. The fourth-order valence-corrected chi connectivity index (χ4v) is 4.03. The summed E-state index contributed by atoms with van der Waals surface area (Å²) in [7, 11) is 0. The van der Waals surface area contributed by atoms with Gasteiger partial charge in [-0.25, -0.2) is 0 Å². The second-order valence-electron chi connectivity index (χ2n) is 6.95. The highest BCUT2D eigenvalue weighted by Gasteiger charge is 2.31. The first-order valence-electron chi connectivity index (χ1n) is 8.55. The third-order valence-electron chi connectivity index (χ3n) is 5.32. The summed E-state index contributed by atoms with van der Waals surface area (Å²) in [4.78, 5) is 0. The van der Waals surface area contributed by atoms with E-state index in [1.54, 1.807) is 0 Å². The van der Waals surface area contributed by atoms with E-state index in [9.17, 15) is 0 Å². The molecule has 4 unspecified atom stereocenters. The van der Waals surface area contributed by atoms with Crippen LogP contribution in [0.3, 0.4) is 0 Å². The van der Waals surface area contributed by atoms with Gasteiger partial charge < -0.3 is 10.1 Å². The molecule has 2 fully saturated rings. The lowest BCUT2D eigenvalue weighted by Crippen LogP contribution is -2.41. The fraction of sp³-hybridized carbons (Fsp3) is 1.00. The summed E-state index contributed by atoms with van der Waals surface area (Å²) in [5.74, 6) is 2.68. The summed E-state index contributed by atoms with van der Waals surface area (Å²) in [5, 5.41) is 3.73. The number of hydrogen-bond acceptors (Lipinski definition) is 2. The SMILES string of the molecule is CCNC1CCC(C(C)C)CC1CCC1CCCO1. The minimum absolute atomic E-state index is 0.571. The second-order valence-corrected chi connectivity index (χ2v) is 6.95. The first-order valence-corrected chi connectivity index (χ1v) is 8.55. The van der Waals surface area contributed by atoms with Crippen LogP contribution in [-0.4, -0.2) is 25.3 Å². The van der Waals surface area contributed by atoms with E-state index in [0.717, 1.165) is 36.9 Å². The molecule has 1 saturated carbocycles. The zero-order valence-corrected chi connectivity index (χ0v) is 13.2. The van der Waals surface area contributed by atoms with Crippen molar-refractivity contribution in [1.29, 1.82) is 0 Å². The molecule has 2 rings (SSSR count). The molecule has 0 aromatic heterocycles. The highest BCUT2D eigenvalue weighted by Crippen LogP contribution is 2.37. The van der Waals surface area contributed by atoms with E-state index < -0.39 is 0 Å². The van der Waals surface area contributed by atoms with Gasteiger partial charge in [-0.3, -0.25) is 0 Å². The number of hydrogen-bond donors (Lipinski definition) is 1. The molecule has 4 atom stereocenters. The van der Waals surface area contributed by atoms with Gasteiger partial charge in [0.1, 0.15) is 0 Å². The van der Waals surface area contributed by atoms with Gasteiger partial charge in [-0.2, -0.15) is 0 Å². The molecule has 1 aliphatic carbocycles. The van der Waals surface area contributed by atoms with E-state index in [0.29, 0.717) is 6.10 Å². The van der Waals surface area contributed by atoms with Crippen molar-refractivity contribution in [2.75, 3.05) is 13.2 Å². The Kier molecular flexibility index (Phi) is 6.15. The molecule has 0 amide bonds. The van der Waals surface area contributed by atoms with Crippen molar-refractivity contribution in [2.24, 2.45) is 17.8 Å². The predicted molar refractivity (Wildman–Crippen MR) is 81.3 cm³/mol. The smallest absolute Gasteiger partial charge is 0.0576 e. The molecule has 1 saturated heterocycles. The molecule has 0 aromatic rings. The first-order chi connectivity index (χ1) is 9.20. The summed E-state index contributed by atoms with van der Waals surface area (Å²) in [6.07, 6.45) is 10.0. The third-order valence-corrected chi connectivity index (χ3v) is 5.32. The number of nitrogens with one attached hydrogen (secondary N) is 1. The average Bonchev–Trinajstić information content (AvgIpc) is 2.90. The molecule has 0 aromatic carbocycles. The minimum atomic E-state index is 0.571. The minimum Gasteiger partial charge on any atom is -0.378 e. The highest BCUT2D eigenvalue weighted by molar-refractivity contribution is 4.86. The van der Waals surface area contributed by atoms with Gasteiger partial charge in [-0.15, -0.1) is 0 Å². The van der Waals surface area contributed by atoms with Gasteiger partial charge in [0.25, 0.3) is 0 Å². The van der Waals surface area contributed by atoms with E-state index in [1.165, 1.54) is 44.9 Å². The predicted octanol–water partition coefficient (Wildman–Crippen LogP) is 4.00. The average molecular weight is 267 g/mol. The molecule has 2 heteroatoms. The Bertz CT molecular complexity index is 248. The number of ether oxygens (including phenoxy) is 1. The van der Waals surface area contributed by atoms with Crippen LogP contribution in [0, 0.1) is 17.8 Å². The van der Waals surface area contributed by atoms with Gasteiger partial charge in [0, 0.05) is 12.6 Å². The maximum absolute atomic E-state index is 5.79. The normalized spacial score (nSPS) is 36.0. The Morgan fingerprint density at radius 2 is 2.00 bits per heavy atom. The van der Waals surface area contributed by atoms with Crippen molar-refractivity contribution in [1.82, 2.24) is 5.32 Å². The van der Waals surface area contributed by atoms with Crippen molar-refractivity contribution in [3.63, 3.8) is 0 Å². The molecular formula is C17H33NO. The zero-order chi connectivity index (χ0) is 13.7. The zero-order valence-electron chi connectivity index (χ0n) is 13.2. The molecule has 0 bridgehead atoms. The van der Waals surface area contributed by atoms with Gasteiger partial charge in [0.2, 0.25) is 0 Å². The van der Waals surface area contributed by atoms with E-state index in [2.05, 4.69) is 26.1 Å². The highest BCUT2D eigenvalue weighted by atomic mass is 16.5. The monoisotopic (exact) mass is 267 g/mol. The Morgan fingerprint density at radius 1 is 1.16 bits per heavy atom. The lowest BCUT2D eigenvalue weighted by Gasteiger charge is -2.38. The summed E-state index contributed by atoms with van der Waals surface area (Å²) in [5.41, 5.74) is 0. The largest absolute Gasteiger partial charge is 0.378 e. The first kappa shape index (κ1) is 15.3. The molecule has 1 N–H and O–H groups in total. The van der Waals surface area contributed by atoms with Gasteiger partial charge in [-0.05, 0) is 69.2 Å². The van der Waals surface area contributed by atoms with Gasteiger partial charge in [0.05, 0.1) is 6.10 Å². The molecule has 2 nitrogen and oxygen atoms in total. The van der Waals surface area contributed by atoms with Crippen LogP contribution in [0.5, 0.6) is 0 Å². The Balaban J connectivity index is 1.83. The molecule has 112 valence electrons. The van der Waals surface area contributed by atoms with Crippen LogP contribution in [0.1, 0.15) is 65.7 Å². The second kappa shape index (κ2) is 7.64. The lowest BCUT2D eigenvalue weighted by atomic mass is 9.72. The third kappa shape index (κ3) is 4.46. The summed E-state index contributed by atoms with van der Waals surface area (Å²) < 4.78 is 5.79. The van der Waals surface area contributed by atoms with Crippen LogP contribution in [0.25, 0.3) is 0 Å². The van der Waals surface area contributed by atoms with E-state index in [-0.39, 0.29) is 0 Å². The van der Waals surface area contributed by atoms with Crippen molar-refractivity contribution in [3.05, 3.63) is 0 Å². The molecule has 0 radical (unpaired) electrons. The molecule has 2 aliphatic rings. The maximum atomic E-state index is 5.79. The Labute approximate surface area is 119 Å². The van der Waals surface area contributed by atoms with E-state index in [4.69, 9.17) is 4.74 Å². The Morgan fingerprint density at radius 3 is 2.63 bits per heavy atom. The van der Waals surface area contributed by atoms with Crippen LogP contribution < -0.4 is 5.32 Å². The molecule has 19 heavy (non-hydrogen) atoms. The van der Waals surface area contributed by atoms with Crippen molar-refractivity contribution >= 4 is 0 Å². The lowest BCUT2D eigenvalue weighted by molar-refractivity contribution is 0.0858. The van der Waals surface area contributed by atoms with E-state index >= 15 is 0 Å². The molecular weight excluding hydrogens is 234 g/mol. The van der Waals surface area contributed by atoms with Crippen LogP contribution in [0.2, 0.25) is 0 Å². The summed E-state index contributed by atoms with van der Waals surface area (Å²) in [6, 6.07) is 0.765. The van der Waals surface area contributed by atoms with Crippen LogP contribution in [-0.2, 0) is 4.74 Å². The van der Waals surface area contributed by atoms with Crippen LogP contribution in [0.4, 0.5) is 0 Å². The van der Waals surface area contributed by atoms with Crippen molar-refractivity contribution in [3.8, 4) is 0 Å². The molecule has 0 spiro atoms. The maximum Gasteiger partial charge on any atom is 0.0576 e. The molecule has 1 heterocycles. The van der Waals surface area contributed by atoms with Gasteiger partial charge in [0.15, 0.2) is 0 Å². The fourth-order valence-electron chi connectivity index (χ4n) is 4.03. The summed E-state index contributed by atoms with van der Waals surface area (Å²) >= 11 is 0. The standard InChI is InChI=1S/C17H33NO/c1-4-18-17-10-8-14(13(2)3)12-15(17)7-9-16-6-5-11-19-16/h13-18H,4-12H2,1-3H3. The van der Waals surface area contributed by atoms with Crippen molar-refractivity contribution < 1.29 is 4.74 Å². The van der Waals surface area contributed by atoms with Crippen LogP contribution >= 0.6 is 0 Å². The van der Waals surface area contributed by atoms with Crippen LogP contribution in [0.15, 0.2) is 0 Å².